The Hall–Kier alpha value is -5.81. The van der Waals surface area contributed by atoms with Gasteiger partial charge in [0.1, 0.15) is 18.4 Å². The van der Waals surface area contributed by atoms with Gasteiger partial charge in [0.25, 0.3) is 11.6 Å². The monoisotopic (exact) mass is 647 g/mol. The zero-order valence-electron chi connectivity index (χ0n) is 24.1. The van der Waals surface area contributed by atoms with E-state index in [2.05, 4.69) is 5.10 Å². The molecule has 1 aromatic heterocycles. The molecule has 4 rings (SSSR count). The normalized spacial score (nSPS) is 13.0. The van der Waals surface area contributed by atoms with Gasteiger partial charge in [0, 0.05) is 68.0 Å². The SMILES string of the molecule is CN(C(=O)c1ccc(C(=N)N)cc1)[C@@H](Cc1ccc([N+](=O)[O-])cc1)C(=O)N1CCc2nn(CC(=O)O)cc2C1.O=C(O)C(F)(F)F. The van der Waals surface area contributed by atoms with Crippen LogP contribution in [0.1, 0.15) is 32.7 Å². The topological polar surface area (TPSA) is 226 Å². The molecule has 5 N–H and O–H groups in total. The van der Waals surface area contributed by atoms with Gasteiger partial charge in [0.2, 0.25) is 5.91 Å². The highest BCUT2D eigenvalue weighted by Crippen LogP contribution is 2.22. The number of hydrogen-bond donors (Lipinski definition) is 4. The number of nitrogens with two attached hydrogens (primary N) is 1. The number of nitro groups is 1. The zero-order chi connectivity index (χ0) is 34.3. The van der Waals surface area contributed by atoms with Gasteiger partial charge in [-0.3, -0.25) is 34.6 Å². The van der Waals surface area contributed by atoms with Crippen LogP contribution >= 0.6 is 0 Å². The van der Waals surface area contributed by atoms with E-state index in [1.807, 2.05) is 0 Å². The number of halogens is 3. The molecule has 0 saturated heterocycles. The molecule has 2 heterocycles. The third kappa shape index (κ3) is 8.87. The molecular weight excluding hydrogens is 619 g/mol. The van der Waals surface area contributed by atoms with Gasteiger partial charge >= 0.3 is 18.1 Å². The van der Waals surface area contributed by atoms with E-state index in [-0.39, 0.29) is 36.9 Å². The first-order valence-electron chi connectivity index (χ1n) is 13.3. The molecule has 18 heteroatoms. The number of alkyl halides is 3. The zero-order valence-corrected chi connectivity index (χ0v) is 24.1. The summed E-state index contributed by atoms with van der Waals surface area (Å²) in [5.41, 5.74) is 8.28. The van der Waals surface area contributed by atoms with Crippen molar-refractivity contribution in [3.8, 4) is 0 Å². The number of carbonyl (C=O) groups is 4. The first-order valence-corrected chi connectivity index (χ1v) is 13.3. The number of nitrogens with zero attached hydrogens (tertiary/aromatic N) is 5. The van der Waals surface area contributed by atoms with Crippen molar-refractivity contribution in [1.29, 1.82) is 5.41 Å². The molecule has 3 aromatic rings. The van der Waals surface area contributed by atoms with Gasteiger partial charge < -0.3 is 25.7 Å². The average molecular weight is 648 g/mol. The molecule has 244 valence electrons. The fourth-order valence-electron chi connectivity index (χ4n) is 4.49. The number of amides is 2. The highest BCUT2D eigenvalue weighted by molar-refractivity contribution is 5.99. The molecule has 15 nitrogen and oxygen atoms in total. The standard InChI is InChI=1S/C26H27N7O6.C2HF3O2/c1-30(25(36)18-6-4-17(5-7-18)24(27)28)22(12-16-2-8-20(9-3-16)33(38)39)26(37)31-11-10-21-19(13-31)14-32(29-21)15-23(34)35;3-2(4,5)1(6)7/h2-9,14,22H,10-13,15H2,1H3,(H3,27,28)(H,34,35);(H,6,7)/t22-;/m0./s1. The van der Waals surface area contributed by atoms with Gasteiger partial charge in [-0.05, 0) is 17.7 Å². The number of aromatic nitrogens is 2. The Morgan fingerprint density at radius 3 is 2.15 bits per heavy atom. The van der Waals surface area contributed by atoms with Crippen molar-refractivity contribution in [1.82, 2.24) is 19.6 Å². The second kappa shape index (κ2) is 14.3. The van der Waals surface area contributed by atoms with Crippen molar-refractivity contribution in [3.63, 3.8) is 0 Å². The third-order valence-corrected chi connectivity index (χ3v) is 6.85. The van der Waals surface area contributed by atoms with Gasteiger partial charge in [0.05, 0.1) is 10.6 Å². The predicted molar refractivity (Wildman–Crippen MR) is 153 cm³/mol. The molecule has 0 fully saturated rings. The first-order chi connectivity index (χ1) is 21.5. The number of nitro benzene ring substituents is 1. The van der Waals surface area contributed by atoms with Crippen LogP contribution in [0.3, 0.4) is 0 Å². The highest BCUT2D eigenvalue weighted by Gasteiger charge is 2.38. The maximum absolute atomic E-state index is 13.9. The van der Waals surface area contributed by atoms with Crippen molar-refractivity contribution in [2.24, 2.45) is 5.73 Å². The van der Waals surface area contributed by atoms with Crippen molar-refractivity contribution in [2.45, 2.75) is 38.1 Å². The summed E-state index contributed by atoms with van der Waals surface area (Å²) in [4.78, 5) is 60.7. The molecule has 0 saturated carbocycles. The van der Waals surface area contributed by atoms with E-state index in [0.29, 0.717) is 29.7 Å². The Morgan fingerprint density at radius 2 is 1.65 bits per heavy atom. The number of non-ortho nitro benzene ring substituents is 1. The van der Waals surface area contributed by atoms with E-state index in [4.69, 9.17) is 26.2 Å². The van der Waals surface area contributed by atoms with Crippen LogP contribution in [-0.4, -0.2) is 90.1 Å². The lowest BCUT2D eigenvalue weighted by molar-refractivity contribution is -0.384. The number of carbonyl (C=O) groups excluding carboxylic acids is 2. The molecule has 0 bridgehead atoms. The summed E-state index contributed by atoms with van der Waals surface area (Å²) >= 11 is 0. The van der Waals surface area contributed by atoms with Gasteiger partial charge in [-0.25, -0.2) is 4.79 Å². The van der Waals surface area contributed by atoms with Gasteiger partial charge in [-0.15, -0.1) is 0 Å². The Labute approximate surface area is 258 Å². The minimum absolute atomic E-state index is 0.0847. The molecule has 0 aliphatic carbocycles. The van der Waals surface area contributed by atoms with Crippen LogP contribution in [0.4, 0.5) is 18.9 Å². The number of carboxylic acids is 2. The van der Waals surface area contributed by atoms with Crippen LogP contribution in [-0.2, 0) is 40.3 Å². The lowest BCUT2D eigenvalue weighted by Crippen LogP contribution is -2.51. The van der Waals surface area contributed by atoms with Crippen LogP contribution in [0.15, 0.2) is 54.7 Å². The number of likely N-dealkylation sites (N-methyl/N-ethyl adjacent to an activating group) is 1. The van der Waals surface area contributed by atoms with E-state index in [9.17, 15) is 37.7 Å². The number of amidine groups is 1. The molecule has 1 atom stereocenters. The lowest BCUT2D eigenvalue weighted by atomic mass is 10.00. The van der Waals surface area contributed by atoms with Crippen LogP contribution in [0, 0.1) is 15.5 Å². The molecule has 0 unspecified atom stereocenters. The molecular formula is C28H28F3N7O8. The molecule has 2 aromatic carbocycles. The minimum atomic E-state index is -5.08. The molecule has 0 spiro atoms. The van der Waals surface area contributed by atoms with E-state index in [1.54, 1.807) is 35.4 Å². The largest absolute Gasteiger partial charge is 0.490 e. The summed E-state index contributed by atoms with van der Waals surface area (Å²) < 4.78 is 33.1. The number of carboxylic acid groups (broad SMARTS) is 2. The summed E-state index contributed by atoms with van der Waals surface area (Å²) in [6.45, 7) is 0.255. The minimum Gasteiger partial charge on any atom is -0.480 e. The first kappa shape index (κ1) is 34.7. The second-order valence-corrected chi connectivity index (χ2v) is 10.1. The Balaban J connectivity index is 0.000000738. The predicted octanol–water partition coefficient (Wildman–Crippen LogP) is 2.06. The molecule has 1 aliphatic rings. The van der Waals surface area contributed by atoms with Crippen molar-refractivity contribution in [2.75, 3.05) is 13.6 Å². The highest BCUT2D eigenvalue weighted by atomic mass is 19.4. The summed E-state index contributed by atoms with van der Waals surface area (Å²) in [7, 11) is 1.52. The van der Waals surface area contributed by atoms with Crippen LogP contribution in [0.2, 0.25) is 0 Å². The number of nitrogens with one attached hydrogen (secondary N) is 1. The van der Waals surface area contributed by atoms with Gasteiger partial charge in [0.15, 0.2) is 0 Å². The summed E-state index contributed by atoms with van der Waals surface area (Å²) in [6.07, 6.45) is -2.92. The maximum Gasteiger partial charge on any atom is 0.490 e. The average Bonchev–Trinajstić information content (AvgIpc) is 3.39. The van der Waals surface area contributed by atoms with E-state index < -0.39 is 35.0 Å². The smallest absolute Gasteiger partial charge is 0.480 e. The number of aliphatic carboxylic acids is 2. The van der Waals surface area contributed by atoms with Crippen molar-refractivity contribution < 1.29 is 47.5 Å². The molecule has 0 radical (unpaired) electrons. The molecule has 1 aliphatic heterocycles. The van der Waals surface area contributed by atoms with E-state index >= 15 is 0 Å². The third-order valence-electron chi connectivity index (χ3n) is 6.85. The van der Waals surface area contributed by atoms with Gasteiger partial charge in [-0.1, -0.05) is 24.3 Å². The Bertz CT molecular complexity index is 1640. The van der Waals surface area contributed by atoms with Gasteiger partial charge in [-0.2, -0.15) is 18.3 Å². The van der Waals surface area contributed by atoms with E-state index in [1.165, 1.54) is 40.9 Å². The molecule has 46 heavy (non-hydrogen) atoms. The van der Waals surface area contributed by atoms with Crippen molar-refractivity contribution in [3.05, 3.63) is 92.8 Å². The fourth-order valence-corrected chi connectivity index (χ4v) is 4.49. The fraction of sp³-hybridized carbons (Fsp3) is 0.286. The van der Waals surface area contributed by atoms with Crippen LogP contribution in [0.5, 0.6) is 0 Å². The number of fused-ring (bicyclic) bond motifs is 1. The summed E-state index contributed by atoms with van der Waals surface area (Å²) in [6, 6.07) is 11.1. The van der Waals surface area contributed by atoms with Crippen LogP contribution < -0.4 is 5.73 Å². The summed E-state index contributed by atoms with van der Waals surface area (Å²) in [5.74, 6) is -4.65. The molecule has 2 amide bonds. The Morgan fingerprint density at radius 1 is 1.09 bits per heavy atom. The van der Waals surface area contributed by atoms with Crippen molar-refractivity contribution >= 4 is 35.3 Å². The number of nitrogen functional groups attached to an aromatic ring is 1. The number of hydrogen-bond acceptors (Lipinski definition) is 8. The van der Waals surface area contributed by atoms with Crippen LogP contribution in [0.25, 0.3) is 0 Å². The number of benzene rings is 2. The quantitative estimate of drug-likeness (QED) is 0.114. The maximum atomic E-state index is 13.9. The van der Waals surface area contributed by atoms with E-state index in [0.717, 1.165) is 11.3 Å². The Kier molecular flexibility index (Phi) is 10.8. The second-order valence-electron chi connectivity index (χ2n) is 10.1. The summed E-state index contributed by atoms with van der Waals surface area (Å²) in [5, 5.41) is 39.1. The lowest BCUT2D eigenvalue weighted by Gasteiger charge is -2.34. The number of rotatable bonds is 9.